The lowest BCUT2D eigenvalue weighted by atomic mass is 9.98. The van der Waals surface area contributed by atoms with Crippen molar-refractivity contribution < 1.29 is 0 Å². The van der Waals surface area contributed by atoms with Gasteiger partial charge in [-0.1, -0.05) is 26.7 Å². The van der Waals surface area contributed by atoms with Crippen LogP contribution >= 0.6 is 0 Å². The first-order valence-electron chi connectivity index (χ1n) is 7.33. The molecule has 96 valence electrons. The van der Waals surface area contributed by atoms with Gasteiger partial charge in [-0.15, -0.1) is 0 Å². The van der Waals surface area contributed by atoms with Crippen molar-refractivity contribution in [2.24, 2.45) is 0 Å². The summed E-state index contributed by atoms with van der Waals surface area (Å²) in [6, 6.07) is 0.901. The highest BCUT2D eigenvalue weighted by Crippen LogP contribution is 2.20. The monoisotopic (exact) mass is 226 g/mol. The fourth-order valence-corrected chi connectivity index (χ4v) is 2.76. The van der Waals surface area contributed by atoms with Gasteiger partial charge in [-0.2, -0.15) is 0 Å². The molecule has 1 aliphatic rings. The molecule has 0 saturated carbocycles. The van der Waals surface area contributed by atoms with Crippen LogP contribution in [0.25, 0.3) is 0 Å². The zero-order valence-corrected chi connectivity index (χ0v) is 11.3. The van der Waals surface area contributed by atoms with Crippen LogP contribution < -0.4 is 5.32 Å². The molecule has 0 radical (unpaired) electrons. The lowest BCUT2D eigenvalue weighted by Gasteiger charge is -2.35. The molecule has 0 aromatic heterocycles. The lowest BCUT2D eigenvalue weighted by molar-refractivity contribution is 0.137. The van der Waals surface area contributed by atoms with Gasteiger partial charge in [-0.25, -0.2) is 0 Å². The van der Waals surface area contributed by atoms with Crippen LogP contribution in [0.4, 0.5) is 0 Å². The van der Waals surface area contributed by atoms with E-state index in [9.17, 15) is 0 Å². The average molecular weight is 226 g/mol. The maximum absolute atomic E-state index is 3.40. The zero-order valence-electron chi connectivity index (χ0n) is 11.3. The molecular formula is C14H30N2. The molecule has 0 aliphatic carbocycles. The second-order valence-electron chi connectivity index (χ2n) is 5.03. The molecule has 0 spiro atoms. The first kappa shape index (κ1) is 14.0. The molecule has 1 fully saturated rings. The highest BCUT2D eigenvalue weighted by atomic mass is 15.2. The Kier molecular flexibility index (Phi) is 7.87. The highest BCUT2D eigenvalue weighted by Gasteiger charge is 2.20. The van der Waals surface area contributed by atoms with E-state index >= 15 is 0 Å². The van der Waals surface area contributed by atoms with E-state index in [1.807, 2.05) is 0 Å². The van der Waals surface area contributed by atoms with E-state index in [1.54, 1.807) is 0 Å². The van der Waals surface area contributed by atoms with E-state index in [1.165, 1.54) is 64.6 Å². The first-order chi connectivity index (χ1) is 7.88. The van der Waals surface area contributed by atoms with E-state index < -0.39 is 0 Å². The lowest BCUT2D eigenvalue weighted by Crippen LogP contribution is -2.40. The minimum absolute atomic E-state index is 0.901. The van der Waals surface area contributed by atoms with Crippen molar-refractivity contribution >= 4 is 0 Å². The second kappa shape index (κ2) is 9.00. The molecule has 0 aromatic rings. The quantitative estimate of drug-likeness (QED) is 0.640. The van der Waals surface area contributed by atoms with E-state index in [-0.39, 0.29) is 0 Å². The summed E-state index contributed by atoms with van der Waals surface area (Å²) in [6.45, 7) is 9.49. The number of piperidine rings is 1. The molecule has 0 aromatic carbocycles. The summed E-state index contributed by atoms with van der Waals surface area (Å²) in [7, 11) is 0. The van der Waals surface area contributed by atoms with Crippen LogP contribution in [-0.2, 0) is 0 Å². The van der Waals surface area contributed by atoms with Crippen molar-refractivity contribution in [3.05, 3.63) is 0 Å². The molecular weight excluding hydrogens is 196 g/mol. The summed E-state index contributed by atoms with van der Waals surface area (Å²) in [5.41, 5.74) is 0. The Bertz CT molecular complexity index is 157. The number of likely N-dealkylation sites (tertiary alicyclic amines) is 1. The molecule has 1 atom stereocenters. The molecule has 1 saturated heterocycles. The smallest absolute Gasteiger partial charge is 0.00951 e. The van der Waals surface area contributed by atoms with Crippen molar-refractivity contribution in [1.29, 1.82) is 0 Å². The summed E-state index contributed by atoms with van der Waals surface area (Å²) in [4.78, 5) is 2.75. The van der Waals surface area contributed by atoms with Crippen molar-refractivity contribution in [1.82, 2.24) is 10.2 Å². The van der Waals surface area contributed by atoms with Crippen LogP contribution in [0.3, 0.4) is 0 Å². The van der Waals surface area contributed by atoms with Crippen molar-refractivity contribution in [2.75, 3.05) is 26.2 Å². The van der Waals surface area contributed by atoms with Gasteiger partial charge in [0.2, 0.25) is 0 Å². The highest BCUT2D eigenvalue weighted by molar-refractivity contribution is 4.76. The van der Waals surface area contributed by atoms with Crippen LogP contribution in [0, 0.1) is 0 Å². The van der Waals surface area contributed by atoms with Crippen LogP contribution in [-0.4, -0.2) is 37.1 Å². The Labute approximate surface area is 102 Å². The van der Waals surface area contributed by atoms with Crippen LogP contribution in [0.15, 0.2) is 0 Å². The number of hydrogen-bond donors (Lipinski definition) is 1. The third kappa shape index (κ3) is 5.31. The third-order valence-corrected chi connectivity index (χ3v) is 3.67. The molecule has 1 heterocycles. The number of nitrogens with zero attached hydrogens (tertiary/aromatic N) is 1. The van der Waals surface area contributed by atoms with Gasteiger partial charge in [0.15, 0.2) is 0 Å². The first-order valence-corrected chi connectivity index (χ1v) is 7.33. The fourth-order valence-electron chi connectivity index (χ4n) is 2.76. The summed E-state index contributed by atoms with van der Waals surface area (Å²) in [5.74, 6) is 0. The maximum Gasteiger partial charge on any atom is 0.00951 e. The fraction of sp³-hybridized carbons (Fsp3) is 1.00. The summed E-state index contributed by atoms with van der Waals surface area (Å²) in [5, 5.41) is 3.40. The third-order valence-electron chi connectivity index (χ3n) is 3.67. The predicted octanol–water partition coefficient (Wildman–Crippen LogP) is 3.03. The largest absolute Gasteiger partial charge is 0.317 e. The zero-order chi connectivity index (χ0) is 11.6. The van der Waals surface area contributed by atoms with Crippen LogP contribution in [0.2, 0.25) is 0 Å². The van der Waals surface area contributed by atoms with Crippen molar-refractivity contribution in [2.45, 2.75) is 64.8 Å². The molecule has 1 rings (SSSR count). The van der Waals surface area contributed by atoms with E-state index in [0.717, 1.165) is 12.6 Å². The van der Waals surface area contributed by atoms with Crippen molar-refractivity contribution in [3.63, 3.8) is 0 Å². The molecule has 2 nitrogen and oxygen atoms in total. The van der Waals surface area contributed by atoms with E-state index in [2.05, 4.69) is 24.1 Å². The van der Waals surface area contributed by atoms with Gasteiger partial charge in [-0.3, -0.25) is 0 Å². The van der Waals surface area contributed by atoms with Gasteiger partial charge in [0, 0.05) is 6.04 Å². The summed E-state index contributed by atoms with van der Waals surface area (Å²) < 4.78 is 0. The molecule has 2 heteroatoms. The Morgan fingerprint density at radius 2 is 2.06 bits per heavy atom. The maximum atomic E-state index is 3.40. The SMILES string of the molecule is CCCC1CCCCN1CCCCNCC. The van der Waals surface area contributed by atoms with Crippen LogP contribution in [0.5, 0.6) is 0 Å². The number of hydrogen-bond acceptors (Lipinski definition) is 2. The van der Waals surface area contributed by atoms with Gasteiger partial charge in [0.05, 0.1) is 0 Å². The van der Waals surface area contributed by atoms with Crippen molar-refractivity contribution in [3.8, 4) is 0 Å². The normalized spacial score (nSPS) is 22.5. The minimum atomic E-state index is 0.901. The van der Waals surface area contributed by atoms with Crippen LogP contribution in [0.1, 0.15) is 58.8 Å². The summed E-state index contributed by atoms with van der Waals surface area (Å²) in [6.07, 6.45) is 9.79. The molecule has 16 heavy (non-hydrogen) atoms. The summed E-state index contributed by atoms with van der Waals surface area (Å²) >= 11 is 0. The Morgan fingerprint density at radius 3 is 2.81 bits per heavy atom. The van der Waals surface area contributed by atoms with Gasteiger partial charge in [0.25, 0.3) is 0 Å². The van der Waals surface area contributed by atoms with E-state index in [0.29, 0.717) is 0 Å². The predicted molar refractivity (Wildman–Crippen MR) is 71.9 cm³/mol. The molecule has 1 aliphatic heterocycles. The Hall–Kier alpha value is -0.0800. The van der Waals surface area contributed by atoms with Gasteiger partial charge in [-0.05, 0) is 58.3 Å². The number of rotatable bonds is 8. The average Bonchev–Trinajstić information content (AvgIpc) is 2.31. The minimum Gasteiger partial charge on any atom is -0.317 e. The molecule has 0 bridgehead atoms. The number of unbranched alkanes of at least 4 members (excludes halogenated alkanes) is 1. The Balaban J connectivity index is 2.11. The molecule has 1 N–H and O–H groups in total. The van der Waals surface area contributed by atoms with Gasteiger partial charge in [0.1, 0.15) is 0 Å². The van der Waals surface area contributed by atoms with Gasteiger partial charge >= 0.3 is 0 Å². The van der Waals surface area contributed by atoms with E-state index in [4.69, 9.17) is 0 Å². The second-order valence-corrected chi connectivity index (χ2v) is 5.03. The Morgan fingerprint density at radius 1 is 1.19 bits per heavy atom. The molecule has 0 amide bonds. The van der Waals surface area contributed by atoms with Gasteiger partial charge < -0.3 is 10.2 Å². The number of nitrogens with one attached hydrogen (secondary N) is 1. The topological polar surface area (TPSA) is 15.3 Å². The standard InChI is InChI=1S/C14H30N2/c1-3-9-14-10-5-7-12-16(14)13-8-6-11-15-4-2/h14-15H,3-13H2,1-2H3. The molecule has 1 unspecified atom stereocenters.